The second-order valence-electron chi connectivity index (χ2n) is 7.62. The molecule has 3 heterocycles. The summed E-state index contributed by atoms with van der Waals surface area (Å²) >= 11 is 1.43. The highest BCUT2D eigenvalue weighted by Crippen LogP contribution is 2.38. The lowest BCUT2D eigenvalue weighted by Crippen LogP contribution is -2.27. The molecular formula is C25H20N4O2S. The van der Waals surface area contributed by atoms with Gasteiger partial charge >= 0.3 is 0 Å². The van der Waals surface area contributed by atoms with Gasteiger partial charge in [0.15, 0.2) is 0 Å². The molecular weight excluding hydrogens is 420 g/mol. The van der Waals surface area contributed by atoms with Crippen molar-refractivity contribution in [2.45, 2.75) is 19.4 Å². The average Bonchev–Trinajstić information content (AvgIpc) is 3.48. The number of hydrogen-bond acceptors (Lipinski definition) is 6. The Bertz CT molecular complexity index is 1300. The van der Waals surface area contributed by atoms with E-state index in [0.29, 0.717) is 17.7 Å². The zero-order chi connectivity index (χ0) is 22.1. The molecule has 7 heteroatoms. The van der Waals surface area contributed by atoms with Crippen LogP contribution in [0.25, 0.3) is 10.6 Å². The Hall–Kier alpha value is -3.84. The van der Waals surface area contributed by atoms with E-state index in [1.54, 1.807) is 29.9 Å². The summed E-state index contributed by atoms with van der Waals surface area (Å²) in [7, 11) is 0. The van der Waals surface area contributed by atoms with Crippen LogP contribution in [-0.4, -0.2) is 31.7 Å². The van der Waals surface area contributed by atoms with Crippen molar-refractivity contribution in [2.24, 2.45) is 5.10 Å². The first-order valence-electron chi connectivity index (χ1n) is 10.2. The van der Waals surface area contributed by atoms with E-state index in [4.69, 9.17) is 0 Å². The van der Waals surface area contributed by atoms with Crippen molar-refractivity contribution >= 4 is 23.0 Å². The largest absolute Gasteiger partial charge is 0.508 e. The monoisotopic (exact) mass is 440 g/mol. The topological polar surface area (TPSA) is 78.7 Å². The third kappa shape index (κ3) is 3.78. The summed E-state index contributed by atoms with van der Waals surface area (Å²) in [5, 5.41) is 19.1. The molecule has 1 aliphatic rings. The number of rotatable bonds is 4. The van der Waals surface area contributed by atoms with Gasteiger partial charge in [-0.3, -0.25) is 9.78 Å². The number of phenolic OH excluding ortho intramolecular Hbond substituents is 1. The van der Waals surface area contributed by atoms with Crippen molar-refractivity contribution in [1.82, 2.24) is 15.0 Å². The van der Waals surface area contributed by atoms with Gasteiger partial charge in [0.25, 0.3) is 5.91 Å². The average molecular weight is 441 g/mol. The van der Waals surface area contributed by atoms with E-state index in [-0.39, 0.29) is 11.7 Å². The number of aryl methyl sites for hydroxylation is 1. The molecule has 0 bridgehead atoms. The standard InChI is InChI=1S/C25H20N4O2S/c1-16-8-10-17(11-9-16)24-27-21(15-32-24)25(31)29-22(19-6-2-3-7-23(19)30)13-20(28-29)18-5-4-12-26-14-18/h2-12,14-15,22,30H,13H2,1H3. The van der Waals surface area contributed by atoms with E-state index in [2.05, 4.69) is 15.1 Å². The summed E-state index contributed by atoms with van der Waals surface area (Å²) in [5.74, 6) is -0.164. The number of para-hydroxylation sites is 1. The molecule has 1 amide bonds. The van der Waals surface area contributed by atoms with Gasteiger partial charge < -0.3 is 5.11 Å². The lowest BCUT2D eigenvalue weighted by molar-refractivity contribution is 0.0704. The van der Waals surface area contributed by atoms with Gasteiger partial charge in [0.1, 0.15) is 16.5 Å². The van der Waals surface area contributed by atoms with Gasteiger partial charge in [-0.1, -0.05) is 54.1 Å². The normalized spacial score (nSPS) is 15.6. The van der Waals surface area contributed by atoms with Gasteiger partial charge in [-0.25, -0.2) is 9.99 Å². The summed E-state index contributed by atoms with van der Waals surface area (Å²) in [5.41, 5.74) is 4.72. The first kappa shape index (κ1) is 20.1. The molecule has 0 saturated heterocycles. The van der Waals surface area contributed by atoms with Gasteiger partial charge in [-0.05, 0) is 19.1 Å². The minimum atomic E-state index is -0.427. The van der Waals surface area contributed by atoms with Crippen LogP contribution in [0.2, 0.25) is 0 Å². The smallest absolute Gasteiger partial charge is 0.294 e. The molecule has 5 rings (SSSR count). The fraction of sp³-hybridized carbons (Fsp3) is 0.120. The highest BCUT2D eigenvalue weighted by atomic mass is 32.1. The number of pyridine rings is 1. The molecule has 32 heavy (non-hydrogen) atoms. The number of thiazole rings is 1. The van der Waals surface area contributed by atoms with Gasteiger partial charge in [-0.15, -0.1) is 11.3 Å². The summed E-state index contributed by atoms with van der Waals surface area (Å²) in [6, 6.07) is 18.4. The molecule has 2 aromatic carbocycles. The lowest BCUT2D eigenvalue weighted by atomic mass is 9.98. The van der Waals surface area contributed by atoms with E-state index in [1.165, 1.54) is 21.9 Å². The molecule has 158 valence electrons. The van der Waals surface area contributed by atoms with Gasteiger partial charge in [0.2, 0.25) is 0 Å². The molecule has 0 spiro atoms. The zero-order valence-corrected chi connectivity index (χ0v) is 18.2. The van der Waals surface area contributed by atoms with Crippen LogP contribution in [0.4, 0.5) is 0 Å². The number of amides is 1. The maximum Gasteiger partial charge on any atom is 0.294 e. The Labute approximate surface area is 189 Å². The Kier molecular flexibility index (Phi) is 5.25. The van der Waals surface area contributed by atoms with Crippen molar-refractivity contribution in [3.8, 4) is 16.3 Å². The highest BCUT2D eigenvalue weighted by Gasteiger charge is 2.36. The van der Waals surface area contributed by atoms with E-state index >= 15 is 0 Å². The van der Waals surface area contributed by atoms with E-state index in [1.807, 2.05) is 55.5 Å². The van der Waals surface area contributed by atoms with E-state index in [0.717, 1.165) is 21.8 Å². The summed E-state index contributed by atoms with van der Waals surface area (Å²) in [6.07, 6.45) is 3.90. The van der Waals surface area contributed by atoms with Gasteiger partial charge in [-0.2, -0.15) is 5.10 Å². The molecule has 6 nitrogen and oxygen atoms in total. The number of benzene rings is 2. The minimum absolute atomic E-state index is 0.136. The van der Waals surface area contributed by atoms with Crippen LogP contribution < -0.4 is 0 Å². The van der Waals surface area contributed by atoms with Crippen molar-refractivity contribution in [2.75, 3.05) is 0 Å². The van der Waals surface area contributed by atoms with Crippen LogP contribution in [0, 0.1) is 6.92 Å². The third-order valence-corrected chi connectivity index (χ3v) is 6.32. The zero-order valence-electron chi connectivity index (χ0n) is 17.3. The molecule has 1 aliphatic heterocycles. The highest BCUT2D eigenvalue weighted by molar-refractivity contribution is 7.13. The fourth-order valence-corrected chi connectivity index (χ4v) is 4.54. The third-order valence-electron chi connectivity index (χ3n) is 5.43. The molecule has 0 aliphatic carbocycles. The summed E-state index contributed by atoms with van der Waals surface area (Å²) in [4.78, 5) is 22.2. The van der Waals surface area contributed by atoms with E-state index in [9.17, 15) is 9.90 Å². The Morgan fingerprint density at radius 1 is 1.06 bits per heavy atom. The molecule has 1 atom stereocenters. The predicted octanol–water partition coefficient (Wildman–Crippen LogP) is 5.21. The lowest BCUT2D eigenvalue weighted by Gasteiger charge is -2.22. The maximum absolute atomic E-state index is 13.5. The second kappa shape index (κ2) is 8.36. The van der Waals surface area contributed by atoms with Crippen LogP contribution in [0.15, 0.2) is 83.5 Å². The van der Waals surface area contributed by atoms with E-state index < -0.39 is 6.04 Å². The predicted molar refractivity (Wildman–Crippen MR) is 125 cm³/mol. The summed E-state index contributed by atoms with van der Waals surface area (Å²) in [6.45, 7) is 2.03. The minimum Gasteiger partial charge on any atom is -0.508 e. The molecule has 4 aromatic rings. The van der Waals surface area contributed by atoms with Crippen LogP contribution >= 0.6 is 11.3 Å². The van der Waals surface area contributed by atoms with Crippen LogP contribution in [-0.2, 0) is 0 Å². The van der Waals surface area contributed by atoms with Crippen LogP contribution in [0.1, 0.15) is 39.6 Å². The molecule has 0 radical (unpaired) electrons. The number of aromatic nitrogens is 2. The van der Waals surface area contributed by atoms with Crippen molar-refractivity contribution in [1.29, 1.82) is 0 Å². The van der Waals surface area contributed by atoms with Crippen LogP contribution in [0.3, 0.4) is 0 Å². The number of nitrogens with zero attached hydrogens (tertiary/aromatic N) is 4. The van der Waals surface area contributed by atoms with Crippen LogP contribution in [0.5, 0.6) is 5.75 Å². The molecule has 2 aromatic heterocycles. The second-order valence-corrected chi connectivity index (χ2v) is 8.48. The number of carbonyl (C=O) groups excluding carboxylic acids is 1. The van der Waals surface area contributed by atoms with Crippen molar-refractivity contribution in [3.05, 3.63) is 101 Å². The molecule has 1 unspecified atom stereocenters. The van der Waals surface area contributed by atoms with Crippen molar-refractivity contribution < 1.29 is 9.90 Å². The Balaban J connectivity index is 1.51. The Morgan fingerprint density at radius 3 is 2.62 bits per heavy atom. The number of carbonyl (C=O) groups is 1. The Morgan fingerprint density at radius 2 is 1.88 bits per heavy atom. The SMILES string of the molecule is Cc1ccc(-c2nc(C(=O)N3N=C(c4cccnc4)CC3c3ccccc3O)cs2)cc1. The number of phenols is 1. The van der Waals surface area contributed by atoms with Gasteiger partial charge in [0, 0.05) is 40.9 Å². The first-order chi connectivity index (χ1) is 15.6. The van der Waals surface area contributed by atoms with Crippen molar-refractivity contribution in [3.63, 3.8) is 0 Å². The maximum atomic E-state index is 13.5. The number of hydrazone groups is 1. The molecule has 1 N–H and O–H groups in total. The molecule has 0 saturated carbocycles. The molecule has 0 fully saturated rings. The fourth-order valence-electron chi connectivity index (χ4n) is 3.74. The first-order valence-corrected chi connectivity index (χ1v) is 11.1. The van der Waals surface area contributed by atoms with Gasteiger partial charge in [0.05, 0.1) is 11.8 Å². The quantitative estimate of drug-likeness (QED) is 0.472. The number of hydrogen-bond donors (Lipinski definition) is 1. The summed E-state index contributed by atoms with van der Waals surface area (Å²) < 4.78 is 0. The number of aromatic hydroxyl groups is 1.